The fraction of sp³-hybridized carbons (Fsp3) is 0.450. The highest BCUT2D eigenvalue weighted by Crippen LogP contribution is 2.22. The summed E-state index contributed by atoms with van der Waals surface area (Å²) in [6.45, 7) is 5.44. The average Bonchev–Trinajstić information content (AvgIpc) is 3.42. The Morgan fingerprint density at radius 1 is 1.14 bits per heavy atom. The maximum absolute atomic E-state index is 5.43. The zero-order valence-electron chi connectivity index (χ0n) is 17.1. The van der Waals surface area contributed by atoms with E-state index in [1.54, 1.807) is 13.2 Å². The van der Waals surface area contributed by atoms with E-state index in [4.69, 9.17) is 9.05 Å². The van der Waals surface area contributed by atoms with E-state index in [1.807, 2.05) is 24.3 Å². The van der Waals surface area contributed by atoms with Crippen LogP contribution >= 0.6 is 0 Å². The Hall–Kier alpha value is -3.23. The van der Waals surface area contributed by atoms with Crippen LogP contribution in [0.1, 0.15) is 49.9 Å². The van der Waals surface area contributed by atoms with Gasteiger partial charge in [0, 0.05) is 38.2 Å². The van der Waals surface area contributed by atoms with Crippen molar-refractivity contribution in [3.8, 4) is 11.6 Å². The molecule has 0 aromatic carbocycles. The number of pyridine rings is 1. The minimum absolute atomic E-state index is 0.418. The largest absolute Gasteiger partial charge is 0.359 e. The quantitative estimate of drug-likeness (QED) is 0.418. The van der Waals surface area contributed by atoms with Gasteiger partial charge in [0.25, 0.3) is 5.89 Å². The lowest BCUT2D eigenvalue weighted by Crippen LogP contribution is -2.37. The molecule has 2 N–H and O–H groups in total. The second-order valence-electron chi connectivity index (χ2n) is 6.56. The summed E-state index contributed by atoms with van der Waals surface area (Å²) >= 11 is 0. The van der Waals surface area contributed by atoms with E-state index in [-0.39, 0.29) is 0 Å². The fourth-order valence-corrected chi connectivity index (χ4v) is 2.94. The van der Waals surface area contributed by atoms with Crippen molar-refractivity contribution in [1.82, 2.24) is 30.9 Å². The van der Waals surface area contributed by atoms with E-state index in [9.17, 15) is 0 Å². The van der Waals surface area contributed by atoms with Crippen molar-refractivity contribution >= 4 is 5.96 Å². The third-order valence-corrected chi connectivity index (χ3v) is 4.63. The van der Waals surface area contributed by atoms with Crippen LogP contribution in [-0.4, -0.2) is 39.8 Å². The highest BCUT2D eigenvalue weighted by Gasteiger charge is 2.13. The van der Waals surface area contributed by atoms with Crippen molar-refractivity contribution in [3.63, 3.8) is 0 Å². The van der Waals surface area contributed by atoms with E-state index in [2.05, 4.69) is 49.8 Å². The standard InChI is InChI=1S/C20H27N7O2/c1-4-14(5-2)17-12-15(28-26-17)13-24-20(21-3)23-11-9-18-25-19(29-27-18)16-8-6-7-10-22-16/h6-8,10,12,14H,4-5,9,11,13H2,1-3H3,(H2,21,23,24). The van der Waals surface area contributed by atoms with E-state index in [0.29, 0.717) is 48.8 Å². The minimum Gasteiger partial charge on any atom is -0.359 e. The summed E-state index contributed by atoms with van der Waals surface area (Å²) in [4.78, 5) is 12.8. The number of rotatable bonds is 9. The maximum atomic E-state index is 5.43. The Bertz CT molecular complexity index is 900. The lowest BCUT2D eigenvalue weighted by molar-refractivity contribution is 0.368. The van der Waals surface area contributed by atoms with Gasteiger partial charge in [0.1, 0.15) is 5.69 Å². The Balaban J connectivity index is 1.45. The van der Waals surface area contributed by atoms with Gasteiger partial charge in [0.15, 0.2) is 17.5 Å². The van der Waals surface area contributed by atoms with Gasteiger partial charge in [-0.15, -0.1) is 0 Å². The molecular formula is C20H27N7O2. The van der Waals surface area contributed by atoms with Crippen LogP contribution in [0, 0.1) is 0 Å². The molecule has 3 heterocycles. The van der Waals surface area contributed by atoms with Crippen LogP contribution in [0.4, 0.5) is 0 Å². The third-order valence-electron chi connectivity index (χ3n) is 4.63. The molecule has 0 unspecified atom stereocenters. The van der Waals surface area contributed by atoms with E-state index >= 15 is 0 Å². The molecule has 0 radical (unpaired) electrons. The molecule has 9 heteroatoms. The van der Waals surface area contributed by atoms with Gasteiger partial charge in [-0.05, 0) is 25.0 Å². The Kier molecular flexibility index (Phi) is 7.32. The first kappa shape index (κ1) is 20.5. The van der Waals surface area contributed by atoms with Crippen molar-refractivity contribution < 1.29 is 9.05 Å². The van der Waals surface area contributed by atoms with Gasteiger partial charge in [-0.1, -0.05) is 30.2 Å². The maximum Gasteiger partial charge on any atom is 0.276 e. The van der Waals surface area contributed by atoms with Gasteiger partial charge in [0.05, 0.1) is 12.2 Å². The molecule has 0 bridgehead atoms. The molecule has 0 amide bonds. The molecule has 3 rings (SSSR count). The smallest absolute Gasteiger partial charge is 0.276 e. The predicted molar refractivity (Wildman–Crippen MR) is 109 cm³/mol. The molecule has 0 aliphatic heterocycles. The summed E-state index contributed by atoms with van der Waals surface area (Å²) < 4.78 is 10.7. The summed E-state index contributed by atoms with van der Waals surface area (Å²) in [7, 11) is 1.72. The lowest BCUT2D eigenvalue weighted by Gasteiger charge is -2.09. The average molecular weight is 397 g/mol. The van der Waals surface area contributed by atoms with Crippen LogP contribution in [0.3, 0.4) is 0 Å². The van der Waals surface area contributed by atoms with Crippen molar-refractivity contribution in [2.24, 2.45) is 4.99 Å². The van der Waals surface area contributed by atoms with Gasteiger partial charge in [-0.2, -0.15) is 4.98 Å². The molecule has 0 atom stereocenters. The number of aromatic nitrogens is 4. The van der Waals surface area contributed by atoms with Crippen molar-refractivity contribution in [3.05, 3.63) is 47.7 Å². The molecule has 9 nitrogen and oxygen atoms in total. The number of nitrogens with zero attached hydrogens (tertiary/aromatic N) is 5. The first-order chi connectivity index (χ1) is 14.2. The summed E-state index contributed by atoms with van der Waals surface area (Å²) in [5.74, 6) is 2.92. The monoisotopic (exact) mass is 397 g/mol. The number of nitrogens with one attached hydrogen (secondary N) is 2. The predicted octanol–water partition coefficient (Wildman–Crippen LogP) is 2.93. The van der Waals surface area contributed by atoms with Crippen LogP contribution in [0.2, 0.25) is 0 Å². The summed E-state index contributed by atoms with van der Waals surface area (Å²) in [6, 6.07) is 7.57. The van der Waals surface area contributed by atoms with Gasteiger partial charge in [0.2, 0.25) is 0 Å². The molecule has 0 saturated carbocycles. The molecule has 3 aromatic rings. The zero-order chi connectivity index (χ0) is 20.5. The fourth-order valence-electron chi connectivity index (χ4n) is 2.94. The molecule has 0 saturated heterocycles. The molecule has 154 valence electrons. The lowest BCUT2D eigenvalue weighted by atomic mass is 9.99. The normalized spacial score (nSPS) is 11.8. The van der Waals surface area contributed by atoms with E-state index < -0.39 is 0 Å². The first-order valence-electron chi connectivity index (χ1n) is 9.87. The molecule has 0 aliphatic carbocycles. The van der Waals surface area contributed by atoms with Crippen LogP contribution in [0.25, 0.3) is 11.6 Å². The highest BCUT2D eigenvalue weighted by molar-refractivity contribution is 5.79. The molecule has 3 aromatic heterocycles. The van der Waals surface area contributed by atoms with Crippen LogP contribution < -0.4 is 10.6 Å². The third kappa shape index (κ3) is 5.63. The Morgan fingerprint density at radius 3 is 2.72 bits per heavy atom. The van der Waals surface area contributed by atoms with Crippen LogP contribution in [0.5, 0.6) is 0 Å². The van der Waals surface area contributed by atoms with Gasteiger partial charge in [-0.25, -0.2) is 0 Å². The van der Waals surface area contributed by atoms with Crippen molar-refractivity contribution in [1.29, 1.82) is 0 Å². The summed E-state index contributed by atoms with van der Waals surface area (Å²) in [5, 5.41) is 14.6. The van der Waals surface area contributed by atoms with Gasteiger partial charge < -0.3 is 19.7 Å². The molecule has 0 fully saturated rings. The van der Waals surface area contributed by atoms with Crippen LogP contribution in [0.15, 0.2) is 44.5 Å². The number of aliphatic imine (C=N–C) groups is 1. The molecule has 29 heavy (non-hydrogen) atoms. The van der Waals surface area contributed by atoms with Crippen LogP contribution in [-0.2, 0) is 13.0 Å². The number of guanidine groups is 1. The summed E-state index contributed by atoms with van der Waals surface area (Å²) in [5.41, 5.74) is 1.67. The second-order valence-corrected chi connectivity index (χ2v) is 6.56. The van der Waals surface area contributed by atoms with E-state index in [0.717, 1.165) is 24.3 Å². The Morgan fingerprint density at radius 2 is 2.00 bits per heavy atom. The van der Waals surface area contributed by atoms with Gasteiger partial charge in [-0.3, -0.25) is 9.98 Å². The SMILES string of the molecule is CCC(CC)c1cc(CNC(=NC)NCCc2noc(-c3ccccn3)n2)on1. The topological polar surface area (TPSA) is 114 Å². The van der Waals surface area contributed by atoms with E-state index in [1.165, 1.54) is 0 Å². The number of hydrogen-bond acceptors (Lipinski definition) is 7. The van der Waals surface area contributed by atoms with Crippen molar-refractivity contribution in [2.45, 2.75) is 45.6 Å². The second kappa shape index (κ2) is 10.4. The van der Waals surface area contributed by atoms with Gasteiger partial charge >= 0.3 is 0 Å². The minimum atomic E-state index is 0.418. The molecular weight excluding hydrogens is 370 g/mol. The number of hydrogen-bond donors (Lipinski definition) is 2. The van der Waals surface area contributed by atoms with Crippen molar-refractivity contribution in [2.75, 3.05) is 13.6 Å². The molecule has 0 aliphatic rings. The summed E-state index contributed by atoms with van der Waals surface area (Å²) in [6.07, 6.45) is 4.39. The first-order valence-corrected chi connectivity index (χ1v) is 9.87. The Labute approximate surface area is 170 Å². The molecule has 0 spiro atoms. The highest BCUT2D eigenvalue weighted by atomic mass is 16.5. The zero-order valence-corrected chi connectivity index (χ0v) is 17.1.